The third kappa shape index (κ3) is 2.30. The third-order valence-corrected chi connectivity index (χ3v) is 1.09. The Bertz CT molecular complexity index is 125. The molecule has 0 fully saturated rings. The summed E-state index contributed by atoms with van der Waals surface area (Å²) in [7, 11) is 0. The number of rotatable bonds is 3. The van der Waals surface area contributed by atoms with Crippen LogP contribution in [0.4, 0.5) is 0 Å². The number of hydrogen-bond donors (Lipinski definition) is 3. The molecule has 0 aromatic heterocycles. The minimum atomic E-state index is -1.81. The molecule has 0 saturated heterocycles. The average Bonchev–Trinajstić information content (AvgIpc) is 1.84. The lowest BCUT2D eigenvalue weighted by atomic mass is 10.1. The van der Waals surface area contributed by atoms with Gasteiger partial charge in [-0.1, -0.05) is 0 Å². The smallest absolute Gasteiger partial charge is 0.270 e. The zero-order valence-electron chi connectivity index (χ0n) is 5.48. The molecule has 0 aromatic carbocycles. The monoisotopic (exact) mass is 148 g/mol. The topological polar surface area (TPSA) is 102 Å². The van der Waals surface area contributed by atoms with Gasteiger partial charge in [0, 0.05) is 0 Å². The van der Waals surface area contributed by atoms with Gasteiger partial charge < -0.3 is 15.3 Å². The van der Waals surface area contributed by atoms with Gasteiger partial charge in [-0.15, -0.1) is 0 Å². The average molecular weight is 148 g/mol. The molecule has 1 amide bonds. The first kappa shape index (κ1) is 9.35. The van der Waals surface area contributed by atoms with Crippen LogP contribution in [0.5, 0.6) is 0 Å². The molecule has 4 N–H and O–H groups in total. The lowest BCUT2D eigenvalue weighted by Crippen LogP contribution is -2.41. The molecule has 0 aliphatic carbocycles. The van der Waals surface area contributed by atoms with E-state index in [4.69, 9.17) is 21.1 Å². The van der Waals surface area contributed by atoms with E-state index in [1.165, 1.54) is 6.92 Å². The Balaban J connectivity index is 3.94. The number of amides is 1. The second-order valence-corrected chi connectivity index (χ2v) is 2.04. The Morgan fingerprint density at radius 2 is 1.80 bits per heavy atom. The van der Waals surface area contributed by atoms with Crippen molar-refractivity contribution in [2.24, 2.45) is 0 Å². The molecule has 0 bridgehead atoms. The van der Waals surface area contributed by atoms with Crippen molar-refractivity contribution >= 4 is 5.91 Å². The molecule has 0 heterocycles. The van der Waals surface area contributed by atoms with Crippen molar-refractivity contribution in [1.29, 1.82) is 0 Å². The van der Waals surface area contributed by atoms with Gasteiger partial charge in [0.25, 0.3) is 5.91 Å². The second-order valence-electron chi connectivity index (χ2n) is 2.04. The fourth-order valence-corrected chi connectivity index (χ4v) is 0.419. The highest BCUT2D eigenvalue weighted by Gasteiger charge is 2.25. The van der Waals surface area contributed by atoms with Crippen LogP contribution < -0.4 is 5.73 Å². The number of carbonyl (C=O) groups is 1. The van der Waals surface area contributed by atoms with Crippen LogP contribution in [0.25, 0.3) is 0 Å². The molecular weight excluding hydrogens is 138 g/mol. The van der Waals surface area contributed by atoms with E-state index >= 15 is 0 Å². The highest BCUT2D eigenvalue weighted by molar-refractivity contribution is 5.78. The molecule has 0 aliphatic rings. The fourth-order valence-electron chi connectivity index (χ4n) is 0.419. The van der Waals surface area contributed by atoms with Crippen LogP contribution in [0.1, 0.15) is 6.92 Å². The lowest BCUT2D eigenvalue weighted by molar-refractivity contribution is -0.137. The van der Waals surface area contributed by atoms with Crippen molar-refractivity contribution in [1.82, 2.24) is 5.73 Å². The second kappa shape index (κ2) is 3.50. The molecule has 0 aromatic rings. The standard InChI is InChI=1S/C5H10NO4/c1-2(7)3(8)4(9)5(6)10/h2-4,6-9H,1H3. The van der Waals surface area contributed by atoms with Gasteiger partial charge >= 0.3 is 0 Å². The first-order valence-corrected chi connectivity index (χ1v) is 2.76. The Morgan fingerprint density at radius 1 is 1.40 bits per heavy atom. The molecule has 0 aliphatic heterocycles. The molecule has 0 rings (SSSR count). The van der Waals surface area contributed by atoms with Crippen molar-refractivity contribution in [2.45, 2.75) is 25.2 Å². The van der Waals surface area contributed by atoms with Gasteiger partial charge in [-0.05, 0) is 6.92 Å². The predicted octanol–water partition coefficient (Wildman–Crippen LogP) is -2.10. The first-order chi connectivity index (χ1) is 4.46. The maximum atomic E-state index is 10.0. The summed E-state index contributed by atoms with van der Waals surface area (Å²) >= 11 is 0. The summed E-state index contributed by atoms with van der Waals surface area (Å²) in [6.45, 7) is 1.22. The van der Waals surface area contributed by atoms with Gasteiger partial charge in [0.2, 0.25) is 0 Å². The molecule has 3 unspecified atom stereocenters. The fraction of sp³-hybridized carbons (Fsp3) is 0.800. The number of nitrogens with one attached hydrogen (secondary N) is 1. The Labute approximate surface area is 58.1 Å². The Kier molecular flexibility index (Phi) is 3.27. The highest BCUT2D eigenvalue weighted by Crippen LogP contribution is 1.98. The largest absolute Gasteiger partial charge is 0.391 e. The number of aliphatic hydroxyl groups excluding tert-OH is 3. The maximum Gasteiger partial charge on any atom is 0.270 e. The van der Waals surface area contributed by atoms with E-state index in [0.29, 0.717) is 0 Å². The van der Waals surface area contributed by atoms with Crippen molar-refractivity contribution in [3.05, 3.63) is 0 Å². The molecule has 5 heteroatoms. The molecule has 5 nitrogen and oxygen atoms in total. The molecule has 3 atom stereocenters. The first-order valence-electron chi connectivity index (χ1n) is 2.76. The normalized spacial score (nSPS) is 19.6. The van der Waals surface area contributed by atoms with Gasteiger partial charge in [0.05, 0.1) is 6.10 Å². The van der Waals surface area contributed by atoms with Crippen LogP contribution in [0.3, 0.4) is 0 Å². The minimum Gasteiger partial charge on any atom is -0.391 e. The molecular formula is C5H10NO4. The zero-order valence-corrected chi connectivity index (χ0v) is 5.48. The molecule has 0 saturated carbocycles. The van der Waals surface area contributed by atoms with Gasteiger partial charge in [0.1, 0.15) is 6.10 Å². The third-order valence-electron chi connectivity index (χ3n) is 1.09. The Hall–Kier alpha value is -0.650. The van der Waals surface area contributed by atoms with E-state index in [1.54, 1.807) is 0 Å². The lowest BCUT2D eigenvalue weighted by Gasteiger charge is -2.16. The van der Waals surface area contributed by atoms with Crippen molar-refractivity contribution in [2.75, 3.05) is 0 Å². The van der Waals surface area contributed by atoms with Crippen LogP contribution in [0.15, 0.2) is 0 Å². The minimum absolute atomic E-state index is 1.20. The summed E-state index contributed by atoms with van der Waals surface area (Å²) < 4.78 is 0. The van der Waals surface area contributed by atoms with E-state index < -0.39 is 24.2 Å². The van der Waals surface area contributed by atoms with Crippen molar-refractivity contribution < 1.29 is 20.1 Å². The predicted molar refractivity (Wildman–Crippen MR) is 31.8 cm³/mol. The maximum absolute atomic E-state index is 10.0. The molecule has 0 spiro atoms. The van der Waals surface area contributed by atoms with Crippen LogP contribution in [-0.4, -0.2) is 39.5 Å². The number of hydrogen-bond acceptors (Lipinski definition) is 4. The van der Waals surface area contributed by atoms with Gasteiger partial charge in [0.15, 0.2) is 6.10 Å². The van der Waals surface area contributed by atoms with Crippen molar-refractivity contribution in [3.8, 4) is 0 Å². The quantitative estimate of drug-likeness (QED) is 0.426. The van der Waals surface area contributed by atoms with E-state index in [9.17, 15) is 4.79 Å². The van der Waals surface area contributed by atoms with Gasteiger partial charge in [-0.2, -0.15) is 0 Å². The number of aliphatic hydroxyl groups is 3. The summed E-state index contributed by atoms with van der Waals surface area (Å²) in [5.74, 6) is -1.30. The van der Waals surface area contributed by atoms with E-state index in [0.717, 1.165) is 0 Å². The zero-order chi connectivity index (χ0) is 8.31. The van der Waals surface area contributed by atoms with Gasteiger partial charge in [-0.25, -0.2) is 0 Å². The van der Waals surface area contributed by atoms with Gasteiger partial charge in [-0.3, -0.25) is 10.5 Å². The summed E-state index contributed by atoms with van der Waals surface area (Å²) in [4.78, 5) is 10.0. The molecule has 1 radical (unpaired) electrons. The van der Waals surface area contributed by atoms with E-state index in [-0.39, 0.29) is 0 Å². The van der Waals surface area contributed by atoms with Crippen LogP contribution in [0, 0.1) is 0 Å². The van der Waals surface area contributed by atoms with Crippen LogP contribution >= 0.6 is 0 Å². The summed E-state index contributed by atoms with van der Waals surface area (Å²) in [5.41, 5.74) is 6.35. The van der Waals surface area contributed by atoms with Crippen molar-refractivity contribution in [3.63, 3.8) is 0 Å². The summed E-state index contributed by atoms with van der Waals surface area (Å²) in [6.07, 6.45) is -4.57. The van der Waals surface area contributed by atoms with E-state index in [1.807, 2.05) is 0 Å². The molecule has 59 valence electrons. The molecule has 10 heavy (non-hydrogen) atoms. The van der Waals surface area contributed by atoms with Crippen LogP contribution in [0.2, 0.25) is 0 Å². The highest BCUT2D eigenvalue weighted by atomic mass is 16.4. The SMILES string of the molecule is CC(O)C(O)C(O)C([NH])=O. The van der Waals surface area contributed by atoms with E-state index in [2.05, 4.69) is 0 Å². The summed E-state index contributed by atoms with van der Waals surface area (Å²) in [5, 5.41) is 25.9. The summed E-state index contributed by atoms with van der Waals surface area (Å²) in [6, 6.07) is 0. The van der Waals surface area contributed by atoms with Crippen LogP contribution in [-0.2, 0) is 4.79 Å². The number of carbonyl (C=O) groups excluding carboxylic acids is 1. The Morgan fingerprint density at radius 3 is 1.90 bits per heavy atom.